The molecule has 0 saturated carbocycles. The van der Waals surface area contributed by atoms with E-state index in [0.717, 1.165) is 12.8 Å². The molecule has 0 amide bonds. The summed E-state index contributed by atoms with van der Waals surface area (Å²) in [6, 6.07) is 0. The second-order valence-corrected chi connectivity index (χ2v) is 13.6. The Morgan fingerprint density at radius 1 is 0.920 bits per heavy atom. The molecule has 1 N–H and O–H groups in total. The number of hydrogen-bond acceptors (Lipinski definition) is 4. The molecule has 4 nitrogen and oxygen atoms in total. The predicted octanol–water partition coefficient (Wildman–Crippen LogP) is 5.44. The zero-order valence-corrected chi connectivity index (χ0v) is 18.8. The highest BCUT2D eigenvalue weighted by molar-refractivity contribution is 6.77. The Morgan fingerprint density at radius 3 is 1.80 bits per heavy atom. The highest BCUT2D eigenvalue weighted by atomic mass is 28.4. The first-order valence-electron chi connectivity index (χ1n) is 10.1. The number of hydrogen-bond donors (Lipinski definition) is 1. The van der Waals surface area contributed by atoms with Crippen LogP contribution in [0.25, 0.3) is 0 Å². The third-order valence-electron chi connectivity index (χ3n) is 5.45. The second kappa shape index (κ2) is 12.1. The number of aliphatic hydroxyl groups is 1. The molecule has 0 aromatic heterocycles. The Morgan fingerprint density at radius 2 is 1.40 bits per heavy atom. The van der Waals surface area contributed by atoms with Crippen molar-refractivity contribution in [3.63, 3.8) is 0 Å². The molecule has 0 aromatic rings. The zero-order valence-electron chi connectivity index (χ0n) is 17.8. The molecule has 5 heteroatoms. The summed E-state index contributed by atoms with van der Waals surface area (Å²) >= 11 is 0. The van der Waals surface area contributed by atoms with Gasteiger partial charge in [0.15, 0.2) is 6.10 Å². The van der Waals surface area contributed by atoms with Crippen LogP contribution >= 0.6 is 0 Å². The third kappa shape index (κ3) is 7.03. The minimum Gasteiger partial charge on any atom is -0.467 e. The van der Waals surface area contributed by atoms with Gasteiger partial charge in [0.25, 0.3) is 0 Å². The lowest BCUT2D eigenvalue weighted by Gasteiger charge is -2.45. The summed E-state index contributed by atoms with van der Waals surface area (Å²) in [6.45, 7) is 15.5. The van der Waals surface area contributed by atoms with Crippen molar-refractivity contribution in [2.75, 3.05) is 7.11 Å². The van der Waals surface area contributed by atoms with E-state index in [4.69, 9.17) is 9.16 Å². The van der Waals surface area contributed by atoms with E-state index in [0.29, 0.717) is 23.0 Å². The van der Waals surface area contributed by atoms with Crippen LogP contribution in [-0.4, -0.2) is 38.7 Å². The van der Waals surface area contributed by atoms with E-state index >= 15 is 0 Å². The molecule has 2 atom stereocenters. The highest BCUT2D eigenvalue weighted by Crippen LogP contribution is 2.43. The number of ether oxygens (including phenoxy) is 1. The van der Waals surface area contributed by atoms with E-state index in [1.807, 2.05) is 0 Å². The Balaban J connectivity index is 5.31. The molecule has 0 bridgehead atoms. The van der Waals surface area contributed by atoms with Crippen LogP contribution in [0, 0.1) is 0 Å². The molecule has 0 fully saturated rings. The van der Waals surface area contributed by atoms with Crippen molar-refractivity contribution in [1.29, 1.82) is 0 Å². The predicted molar refractivity (Wildman–Crippen MR) is 107 cm³/mol. The lowest BCUT2D eigenvalue weighted by Crippen LogP contribution is -2.53. The monoisotopic (exact) mass is 374 g/mol. The van der Waals surface area contributed by atoms with E-state index in [9.17, 15) is 9.90 Å². The van der Waals surface area contributed by atoms with E-state index in [-0.39, 0.29) is 0 Å². The third-order valence-corrected chi connectivity index (χ3v) is 11.6. The molecule has 0 radical (unpaired) electrons. The Labute approximate surface area is 156 Å². The van der Waals surface area contributed by atoms with Crippen LogP contribution in [0.15, 0.2) is 0 Å². The van der Waals surface area contributed by atoms with Crippen molar-refractivity contribution in [3.05, 3.63) is 0 Å². The average molecular weight is 375 g/mol. The van der Waals surface area contributed by atoms with Crippen LogP contribution in [0.4, 0.5) is 0 Å². The molecule has 0 saturated heterocycles. The maximum Gasteiger partial charge on any atom is 0.337 e. The van der Waals surface area contributed by atoms with Crippen LogP contribution < -0.4 is 0 Å². The van der Waals surface area contributed by atoms with Gasteiger partial charge in [-0.2, -0.15) is 0 Å². The second-order valence-electron chi connectivity index (χ2n) is 8.14. The first-order valence-corrected chi connectivity index (χ1v) is 12.2. The van der Waals surface area contributed by atoms with E-state index in [1.54, 1.807) is 0 Å². The number of carbonyl (C=O) groups is 1. The SMILES string of the molecule is CCCCCCC[C@@H](O[Si](C(C)C)(C(C)C)C(C)C)[C@H](O)C(=O)OC. The Kier molecular flexibility index (Phi) is 11.9. The molecular weight excluding hydrogens is 332 g/mol. The molecular formula is C20H42O4Si. The molecule has 25 heavy (non-hydrogen) atoms. The number of methoxy groups -OCH3 is 1. The molecule has 0 aromatic carbocycles. The normalized spacial score (nSPS) is 15.0. The van der Waals surface area contributed by atoms with Crippen LogP contribution in [0.3, 0.4) is 0 Å². The van der Waals surface area contributed by atoms with Gasteiger partial charge in [0.2, 0.25) is 8.32 Å². The summed E-state index contributed by atoms with van der Waals surface area (Å²) in [6.07, 6.45) is 4.76. The maximum absolute atomic E-state index is 11.9. The largest absolute Gasteiger partial charge is 0.467 e. The van der Waals surface area contributed by atoms with Crippen LogP contribution in [0.1, 0.15) is 87.0 Å². The molecule has 150 valence electrons. The molecule has 0 aliphatic carbocycles. The van der Waals surface area contributed by atoms with Gasteiger partial charge in [-0.25, -0.2) is 4.79 Å². The van der Waals surface area contributed by atoms with Gasteiger partial charge in [-0.05, 0) is 23.0 Å². The number of rotatable bonds is 13. The Bertz CT molecular complexity index is 347. The summed E-state index contributed by atoms with van der Waals surface area (Å²) in [4.78, 5) is 11.9. The van der Waals surface area contributed by atoms with E-state index in [1.165, 1.54) is 26.4 Å². The van der Waals surface area contributed by atoms with Gasteiger partial charge in [-0.3, -0.25) is 0 Å². The quantitative estimate of drug-likeness (QED) is 0.265. The fraction of sp³-hybridized carbons (Fsp3) is 0.950. The van der Waals surface area contributed by atoms with Gasteiger partial charge >= 0.3 is 5.97 Å². The summed E-state index contributed by atoms with van der Waals surface area (Å²) in [5.41, 5.74) is 1.25. The molecule has 0 spiro atoms. The average Bonchev–Trinajstić information content (AvgIpc) is 2.54. The van der Waals surface area contributed by atoms with Crippen molar-refractivity contribution >= 4 is 14.3 Å². The molecule has 0 unspecified atom stereocenters. The van der Waals surface area contributed by atoms with Crippen molar-refractivity contribution in [2.24, 2.45) is 0 Å². The van der Waals surface area contributed by atoms with Crippen molar-refractivity contribution in [3.8, 4) is 0 Å². The van der Waals surface area contributed by atoms with Crippen LogP contribution in [-0.2, 0) is 14.0 Å². The van der Waals surface area contributed by atoms with Crippen molar-refractivity contribution in [2.45, 2.75) is 116 Å². The summed E-state index contributed by atoms with van der Waals surface area (Å²) in [7, 11) is -0.834. The van der Waals surface area contributed by atoms with Crippen molar-refractivity contribution in [1.82, 2.24) is 0 Å². The summed E-state index contributed by atoms with van der Waals surface area (Å²) < 4.78 is 11.5. The lowest BCUT2D eigenvalue weighted by atomic mass is 10.0. The number of esters is 1. The number of aliphatic hydroxyl groups excluding tert-OH is 1. The van der Waals surface area contributed by atoms with Gasteiger partial charge < -0.3 is 14.3 Å². The standard InChI is InChI=1S/C20H42O4Si/c1-9-10-11-12-13-14-18(19(21)20(22)23-8)24-25(15(2)3,16(4)5)17(6)7/h15-19,21H,9-14H2,1-8H3/t18-,19+/m1/s1. The molecule has 0 heterocycles. The molecule has 0 aliphatic heterocycles. The first-order chi connectivity index (χ1) is 11.6. The minimum absolute atomic E-state index is 0.417. The molecule has 0 rings (SSSR count). The number of unbranched alkanes of at least 4 members (excludes halogenated alkanes) is 4. The topological polar surface area (TPSA) is 55.8 Å². The maximum atomic E-state index is 11.9. The lowest BCUT2D eigenvalue weighted by molar-refractivity contribution is -0.156. The van der Waals surface area contributed by atoms with Gasteiger partial charge in [-0.15, -0.1) is 0 Å². The summed E-state index contributed by atoms with van der Waals surface area (Å²) in [5, 5.41) is 10.5. The fourth-order valence-corrected chi connectivity index (χ4v) is 9.76. The van der Waals surface area contributed by atoms with Crippen LogP contribution in [0.2, 0.25) is 16.6 Å². The van der Waals surface area contributed by atoms with E-state index in [2.05, 4.69) is 48.5 Å². The van der Waals surface area contributed by atoms with Gasteiger partial charge in [-0.1, -0.05) is 80.6 Å². The van der Waals surface area contributed by atoms with Gasteiger partial charge in [0.1, 0.15) is 0 Å². The minimum atomic E-state index is -2.16. The van der Waals surface area contributed by atoms with Gasteiger partial charge in [0, 0.05) is 0 Å². The van der Waals surface area contributed by atoms with Gasteiger partial charge in [0.05, 0.1) is 13.2 Å². The smallest absolute Gasteiger partial charge is 0.337 e. The first kappa shape index (κ1) is 24.6. The Hall–Kier alpha value is -0.393. The molecule has 0 aliphatic rings. The fourth-order valence-electron chi connectivity index (χ4n) is 4.17. The van der Waals surface area contributed by atoms with E-state index < -0.39 is 26.5 Å². The van der Waals surface area contributed by atoms with Crippen molar-refractivity contribution < 1.29 is 19.1 Å². The van der Waals surface area contributed by atoms with Crippen LogP contribution in [0.5, 0.6) is 0 Å². The summed E-state index contributed by atoms with van der Waals surface area (Å²) in [5.74, 6) is -0.585. The highest BCUT2D eigenvalue weighted by Gasteiger charge is 2.48. The number of carbonyl (C=O) groups excluding carboxylic acids is 1. The zero-order chi connectivity index (χ0) is 19.6.